The Hall–Kier alpha value is -1.13. The summed E-state index contributed by atoms with van der Waals surface area (Å²) < 4.78 is 5.70. The smallest absolute Gasteiger partial charge is 0.133 e. The Balaban J connectivity index is 2.15. The quantitative estimate of drug-likeness (QED) is 0.904. The Bertz CT molecular complexity index is 426. The van der Waals surface area contributed by atoms with Gasteiger partial charge >= 0.3 is 0 Å². The van der Waals surface area contributed by atoms with Crippen molar-refractivity contribution in [3.8, 4) is 0 Å². The number of rotatable bonds is 4. The number of ether oxygens (including phenoxy) is 1. The minimum atomic E-state index is 0.411. The van der Waals surface area contributed by atoms with Crippen LogP contribution in [-0.4, -0.2) is 30.8 Å². The molecule has 0 amide bonds. The second-order valence-electron chi connectivity index (χ2n) is 5.23. The third-order valence-corrected chi connectivity index (χ3v) is 3.80. The van der Waals surface area contributed by atoms with E-state index in [9.17, 15) is 0 Å². The van der Waals surface area contributed by atoms with Gasteiger partial charge in [-0.05, 0) is 45.2 Å². The van der Waals surface area contributed by atoms with E-state index < -0.39 is 0 Å². The molecule has 0 saturated carbocycles. The van der Waals surface area contributed by atoms with Crippen molar-refractivity contribution in [3.63, 3.8) is 0 Å². The Morgan fingerprint density at radius 1 is 1.37 bits per heavy atom. The fourth-order valence-corrected chi connectivity index (χ4v) is 2.83. The normalized spacial score (nSPS) is 16.9. The Morgan fingerprint density at radius 3 is 2.63 bits per heavy atom. The highest BCUT2D eigenvalue weighted by molar-refractivity contribution is 5.51. The van der Waals surface area contributed by atoms with Gasteiger partial charge in [0.05, 0.1) is 6.10 Å². The fraction of sp³-hybridized carbons (Fsp3) is 0.667. The van der Waals surface area contributed by atoms with Crippen LogP contribution >= 0.6 is 0 Å². The van der Waals surface area contributed by atoms with Crippen LogP contribution in [0.3, 0.4) is 0 Å². The van der Waals surface area contributed by atoms with E-state index in [0.717, 1.165) is 44.0 Å². The molecule has 2 N–H and O–H groups in total. The van der Waals surface area contributed by atoms with Crippen molar-refractivity contribution in [2.45, 2.75) is 46.3 Å². The molecule has 19 heavy (non-hydrogen) atoms. The van der Waals surface area contributed by atoms with E-state index in [0.29, 0.717) is 12.6 Å². The molecule has 1 fully saturated rings. The third kappa shape index (κ3) is 3.25. The van der Waals surface area contributed by atoms with Gasteiger partial charge in [-0.2, -0.15) is 0 Å². The monoisotopic (exact) mass is 263 g/mol. The topological polar surface area (TPSA) is 51.4 Å². The van der Waals surface area contributed by atoms with Gasteiger partial charge in [-0.25, -0.2) is 4.98 Å². The van der Waals surface area contributed by atoms with Crippen molar-refractivity contribution in [2.24, 2.45) is 5.73 Å². The molecule has 2 rings (SSSR count). The summed E-state index contributed by atoms with van der Waals surface area (Å²) >= 11 is 0. The molecule has 4 nitrogen and oxygen atoms in total. The van der Waals surface area contributed by atoms with Crippen LogP contribution in [0.4, 0.5) is 5.82 Å². The standard InChI is InChI=1S/C15H25N3O/c1-4-19-13-5-7-18(8-6-13)15-14(10-16)11(2)9-12(3)17-15/h9,13H,4-8,10,16H2,1-3H3. The molecule has 1 aliphatic rings. The van der Waals surface area contributed by atoms with E-state index in [1.54, 1.807) is 0 Å². The molecule has 0 bridgehead atoms. The summed E-state index contributed by atoms with van der Waals surface area (Å²) in [5, 5.41) is 0. The van der Waals surface area contributed by atoms with Crippen LogP contribution in [0.25, 0.3) is 0 Å². The molecule has 0 radical (unpaired) electrons. The minimum absolute atomic E-state index is 0.411. The van der Waals surface area contributed by atoms with Crippen molar-refractivity contribution in [1.82, 2.24) is 4.98 Å². The maximum atomic E-state index is 5.89. The zero-order chi connectivity index (χ0) is 13.8. The van der Waals surface area contributed by atoms with Crippen molar-refractivity contribution < 1.29 is 4.74 Å². The van der Waals surface area contributed by atoms with E-state index in [1.165, 1.54) is 11.1 Å². The van der Waals surface area contributed by atoms with Gasteiger partial charge in [-0.3, -0.25) is 0 Å². The van der Waals surface area contributed by atoms with Gasteiger partial charge in [-0.1, -0.05) is 0 Å². The predicted molar refractivity (Wildman–Crippen MR) is 78.5 cm³/mol. The number of pyridine rings is 1. The summed E-state index contributed by atoms with van der Waals surface area (Å²) in [7, 11) is 0. The lowest BCUT2D eigenvalue weighted by Gasteiger charge is -2.34. The molecule has 1 aromatic heterocycles. The predicted octanol–water partition coefficient (Wildman–Crippen LogP) is 2.16. The summed E-state index contributed by atoms with van der Waals surface area (Å²) in [5.74, 6) is 1.08. The van der Waals surface area contributed by atoms with Gasteiger partial charge in [0, 0.05) is 37.5 Å². The zero-order valence-corrected chi connectivity index (χ0v) is 12.3. The molecule has 1 aromatic rings. The van der Waals surface area contributed by atoms with Gasteiger partial charge in [0.1, 0.15) is 5.82 Å². The van der Waals surface area contributed by atoms with Crippen molar-refractivity contribution in [1.29, 1.82) is 0 Å². The Labute approximate surface area is 116 Å². The van der Waals surface area contributed by atoms with Crippen molar-refractivity contribution in [2.75, 3.05) is 24.6 Å². The molecule has 106 valence electrons. The minimum Gasteiger partial charge on any atom is -0.378 e. The molecule has 0 aliphatic carbocycles. The van der Waals surface area contributed by atoms with Crippen LogP contribution in [0, 0.1) is 13.8 Å². The average molecular weight is 263 g/mol. The van der Waals surface area contributed by atoms with E-state index in [4.69, 9.17) is 15.5 Å². The summed E-state index contributed by atoms with van der Waals surface area (Å²) in [6, 6.07) is 2.11. The average Bonchev–Trinajstić information content (AvgIpc) is 2.39. The fourth-order valence-electron chi connectivity index (χ4n) is 2.83. The first-order chi connectivity index (χ1) is 9.15. The number of nitrogens with two attached hydrogens (primary N) is 1. The van der Waals surface area contributed by atoms with Crippen LogP contribution in [0.15, 0.2) is 6.07 Å². The van der Waals surface area contributed by atoms with Crippen molar-refractivity contribution in [3.05, 3.63) is 22.9 Å². The maximum absolute atomic E-state index is 5.89. The first-order valence-corrected chi connectivity index (χ1v) is 7.19. The van der Waals surface area contributed by atoms with Crippen LogP contribution in [0.1, 0.15) is 36.6 Å². The van der Waals surface area contributed by atoms with Gasteiger partial charge in [0.15, 0.2) is 0 Å². The molecule has 1 saturated heterocycles. The highest BCUT2D eigenvalue weighted by Crippen LogP contribution is 2.25. The largest absolute Gasteiger partial charge is 0.378 e. The molecule has 0 atom stereocenters. The summed E-state index contributed by atoms with van der Waals surface area (Å²) in [5.41, 5.74) is 9.39. The highest BCUT2D eigenvalue weighted by Gasteiger charge is 2.22. The van der Waals surface area contributed by atoms with E-state index in [1.807, 2.05) is 6.92 Å². The van der Waals surface area contributed by atoms with E-state index in [2.05, 4.69) is 24.8 Å². The molecule has 0 spiro atoms. The van der Waals surface area contributed by atoms with Crippen LogP contribution in [0.2, 0.25) is 0 Å². The first kappa shape index (κ1) is 14.3. The molecular weight excluding hydrogens is 238 g/mol. The molecule has 0 unspecified atom stereocenters. The summed E-state index contributed by atoms with van der Waals surface area (Å²) in [6.45, 7) is 9.60. The number of hydrogen-bond acceptors (Lipinski definition) is 4. The summed E-state index contributed by atoms with van der Waals surface area (Å²) in [6.07, 6.45) is 2.56. The Morgan fingerprint density at radius 2 is 2.05 bits per heavy atom. The number of piperidine rings is 1. The van der Waals surface area contributed by atoms with E-state index in [-0.39, 0.29) is 0 Å². The zero-order valence-electron chi connectivity index (χ0n) is 12.3. The number of hydrogen-bond donors (Lipinski definition) is 1. The van der Waals surface area contributed by atoms with Gasteiger partial charge in [0.25, 0.3) is 0 Å². The Kier molecular flexibility index (Phi) is 4.77. The van der Waals surface area contributed by atoms with Gasteiger partial charge in [0.2, 0.25) is 0 Å². The van der Waals surface area contributed by atoms with Gasteiger partial charge in [-0.15, -0.1) is 0 Å². The molecule has 4 heteroatoms. The molecule has 1 aliphatic heterocycles. The number of aryl methyl sites for hydroxylation is 2. The summed E-state index contributed by atoms with van der Waals surface area (Å²) in [4.78, 5) is 7.06. The lowest BCUT2D eigenvalue weighted by atomic mass is 10.0. The van der Waals surface area contributed by atoms with E-state index >= 15 is 0 Å². The van der Waals surface area contributed by atoms with Crippen LogP contribution in [-0.2, 0) is 11.3 Å². The lowest BCUT2D eigenvalue weighted by molar-refractivity contribution is 0.0458. The van der Waals surface area contributed by atoms with Crippen molar-refractivity contribution >= 4 is 5.82 Å². The second-order valence-corrected chi connectivity index (χ2v) is 5.23. The number of anilines is 1. The third-order valence-electron chi connectivity index (χ3n) is 3.80. The second kappa shape index (κ2) is 6.35. The first-order valence-electron chi connectivity index (χ1n) is 7.19. The molecule has 2 heterocycles. The lowest BCUT2D eigenvalue weighted by Crippen LogP contribution is -2.38. The molecular formula is C15H25N3O. The number of nitrogens with zero attached hydrogens (tertiary/aromatic N) is 2. The highest BCUT2D eigenvalue weighted by atomic mass is 16.5. The van der Waals surface area contributed by atoms with Gasteiger partial charge < -0.3 is 15.4 Å². The van der Waals surface area contributed by atoms with Crippen LogP contribution in [0.5, 0.6) is 0 Å². The molecule has 0 aromatic carbocycles. The van der Waals surface area contributed by atoms with Crippen LogP contribution < -0.4 is 10.6 Å². The SMILES string of the molecule is CCOC1CCN(c2nc(C)cc(C)c2CN)CC1. The number of aromatic nitrogens is 1. The maximum Gasteiger partial charge on any atom is 0.133 e.